The number of amides is 1. The monoisotopic (exact) mass is 293 g/mol. The van der Waals surface area contributed by atoms with Crippen LogP contribution >= 0.6 is 11.6 Å². The summed E-state index contributed by atoms with van der Waals surface area (Å²) in [6.45, 7) is 2.79. The minimum Gasteiger partial charge on any atom is -0.387 e. The number of carbonyl (C=O) groups is 1. The fraction of sp³-hybridized carbons (Fsp3) is 0.286. The molecule has 0 saturated carbocycles. The van der Waals surface area contributed by atoms with Gasteiger partial charge in [0.05, 0.1) is 17.9 Å². The highest BCUT2D eigenvalue weighted by atomic mass is 35.5. The Morgan fingerprint density at radius 1 is 1.45 bits per heavy atom. The number of aromatic nitrogens is 2. The molecule has 106 valence electrons. The van der Waals surface area contributed by atoms with Crippen molar-refractivity contribution >= 4 is 17.5 Å². The maximum Gasteiger partial charge on any atom is 0.254 e. The van der Waals surface area contributed by atoms with Crippen LogP contribution in [0.4, 0.5) is 0 Å². The number of nitrogens with zero attached hydrogens (tertiary/aromatic N) is 2. The second-order valence-corrected chi connectivity index (χ2v) is 4.80. The fourth-order valence-corrected chi connectivity index (χ4v) is 1.87. The van der Waals surface area contributed by atoms with Gasteiger partial charge in [0.15, 0.2) is 0 Å². The summed E-state index contributed by atoms with van der Waals surface area (Å²) in [5.41, 5.74) is 1.19. The molecule has 6 heteroatoms. The first-order valence-corrected chi connectivity index (χ1v) is 6.72. The van der Waals surface area contributed by atoms with Crippen molar-refractivity contribution in [1.82, 2.24) is 15.1 Å². The van der Waals surface area contributed by atoms with Crippen LogP contribution in [0.2, 0.25) is 5.02 Å². The normalized spacial score (nSPS) is 12.2. The van der Waals surface area contributed by atoms with E-state index < -0.39 is 6.10 Å². The lowest BCUT2D eigenvalue weighted by Crippen LogP contribution is -2.28. The molecule has 5 nitrogen and oxygen atoms in total. The van der Waals surface area contributed by atoms with Crippen LogP contribution in [0.3, 0.4) is 0 Å². The number of carbonyl (C=O) groups excluding carboxylic acids is 1. The Morgan fingerprint density at radius 2 is 2.15 bits per heavy atom. The van der Waals surface area contributed by atoms with Crippen LogP contribution in [0.1, 0.15) is 28.9 Å². The lowest BCUT2D eigenvalue weighted by Gasteiger charge is -2.11. The van der Waals surface area contributed by atoms with Crippen molar-refractivity contribution in [3.05, 3.63) is 52.8 Å². The number of hydrogen-bond donors (Lipinski definition) is 2. The first-order valence-electron chi connectivity index (χ1n) is 6.34. The SMILES string of the molecule is CCn1cc(C(=O)NCC(O)c2ccc(Cl)cc2)cn1. The van der Waals surface area contributed by atoms with Gasteiger partial charge in [0.2, 0.25) is 0 Å². The first kappa shape index (κ1) is 14.6. The molecule has 0 aliphatic rings. The van der Waals surface area contributed by atoms with Crippen molar-refractivity contribution in [3.63, 3.8) is 0 Å². The number of halogens is 1. The van der Waals surface area contributed by atoms with Gasteiger partial charge in [-0.2, -0.15) is 5.10 Å². The largest absolute Gasteiger partial charge is 0.387 e. The number of nitrogens with one attached hydrogen (secondary N) is 1. The summed E-state index contributed by atoms with van der Waals surface area (Å²) in [6, 6.07) is 6.86. The van der Waals surface area contributed by atoms with Gasteiger partial charge in [-0.1, -0.05) is 23.7 Å². The summed E-state index contributed by atoms with van der Waals surface area (Å²) in [4.78, 5) is 11.9. The van der Waals surface area contributed by atoms with Gasteiger partial charge in [-0.15, -0.1) is 0 Å². The maximum atomic E-state index is 11.9. The first-order chi connectivity index (χ1) is 9.60. The van der Waals surface area contributed by atoms with E-state index in [4.69, 9.17) is 11.6 Å². The van der Waals surface area contributed by atoms with Crippen LogP contribution in [0.5, 0.6) is 0 Å². The van der Waals surface area contributed by atoms with Gasteiger partial charge in [-0.3, -0.25) is 9.48 Å². The molecule has 2 N–H and O–H groups in total. The Morgan fingerprint density at radius 3 is 2.75 bits per heavy atom. The zero-order valence-electron chi connectivity index (χ0n) is 11.1. The standard InChI is InChI=1S/C14H16ClN3O2/c1-2-18-9-11(7-17-18)14(20)16-8-13(19)10-3-5-12(15)6-4-10/h3-7,9,13,19H,2,8H2,1H3,(H,16,20). The zero-order chi connectivity index (χ0) is 14.5. The molecule has 2 aromatic rings. The highest BCUT2D eigenvalue weighted by molar-refractivity contribution is 6.30. The Hall–Kier alpha value is -1.85. The molecule has 0 saturated heterocycles. The van der Waals surface area contributed by atoms with Gasteiger partial charge in [0.1, 0.15) is 0 Å². The van der Waals surface area contributed by atoms with Gasteiger partial charge in [0.25, 0.3) is 5.91 Å². The summed E-state index contributed by atoms with van der Waals surface area (Å²) in [7, 11) is 0. The molecule has 1 amide bonds. The Labute approximate surface area is 122 Å². The van der Waals surface area contributed by atoms with Crippen LogP contribution in [0.25, 0.3) is 0 Å². The fourth-order valence-electron chi connectivity index (χ4n) is 1.75. The molecule has 0 spiro atoms. The van der Waals surface area contributed by atoms with E-state index in [0.717, 1.165) is 0 Å². The van der Waals surface area contributed by atoms with Crippen LogP contribution in [-0.4, -0.2) is 27.3 Å². The lowest BCUT2D eigenvalue weighted by molar-refractivity contribution is 0.0916. The summed E-state index contributed by atoms with van der Waals surface area (Å²) < 4.78 is 1.67. The van der Waals surface area contributed by atoms with Gasteiger partial charge in [-0.05, 0) is 24.6 Å². The minimum absolute atomic E-state index is 0.137. The molecule has 20 heavy (non-hydrogen) atoms. The third kappa shape index (κ3) is 3.59. The van der Waals surface area contributed by atoms with Crippen molar-refractivity contribution in [2.75, 3.05) is 6.54 Å². The summed E-state index contributed by atoms with van der Waals surface area (Å²) >= 11 is 5.78. The molecule has 0 aliphatic carbocycles. The number of aliphatic hydroxyl groups is 1. The predicted molar refractivity (Wildman–Crippen MR) is 76.6 cm³/mol. The Bertz CT molecular complexity index is 580. The van der Waals surface area contributed by atoms with Crippen LogP contribution in [0.15, 0.2) is 36.7 Å². The second kappa shape index (κ2) is 6.54. The highest BCUT2D eigenvalue weighted by Crippen LogP contribution is 2.15. The molecular weight excluding hydrogens is 278 g/mol. The van der Waals surface area contributed by atoms with E-state index in [1.165, 1.54) is 6.20 Å². The topological polar surface area (TPSA) is 67.2 Å². The van der Waals surface area contributed by atoms with Crippen molar-refractivity contribution in [1.29, 1.82) is 0 Å². The van der Waals surface area contributed by atoms with Crippen LogP contribution < -0.4 is 5.32 Å². The number of hydrogen-bond acceptors (Lipinski definition) is 3. The van der Waals surface area contributed by atoms with Crippen molar-refractivity contribution in [2.45, 2.75) is 19.6 Å². The molecule has 1 aromatic carbocycles. The maximum absolute atomic E-state index is 11.9. The Balaban J connectivity index is 1.91. The second-order valence-electron chi connectivity index (χ2n) is 4.36. The van der Waals surface area contributed by atoms with Crippen LogP contribution in [-0.2, 0) is 6.54 Å². The quantitative estimate of drug-likeness (QED) is 0.886. The third-order valence-corrected chi connectivity index (χ3v) is 3.18. The summed E-state index contributed by atoms with van der Waals surface area (Å²) in [5, 5.41) is 17.3. The van der Waals surface area contributed by atoms with E-state index in [1.807, 2.05) is 6.92 Å². The van der Waals surface area contributed by atoms with E-state index in [2.05, 4.69) is 10.4 Å². The van der Waals surface area contributed by atoms with Crippen molar-refractivity contribution < 1.29 is 9.90 Å². The van der Waals surface area contributed by atoms with E-state index in [9.17, 15) is 9.90 Å². The van der Waals surface area contributed by atoms with Crippen molar-refractivity contribution in [3.8, 4) is 0 Å². The number of rotatable bonds is 5. The zero-order valence-corrected chi connectivity index (χ0v) is 11.8. The van der Waals surface area contributed by atoms with Crippen molar-refractivity contribution in [2.24, 2.45) is 0 Å². The molecule has 1 unspecified atom stereocenters. The third-order valence-electron chi connectivity index (χ3n) is 2.93. The number of benzene rings is 1. The van der Waals surface area contributed by atoms with E-state index in [0.29, 0.717) is 22.7 Å². The van der Waals surface area contributed by atoms with E-state index in [-0.39, 0.29) is 12.5 Å². The molecule has 1 aromatic heterocycles. The molecule has 0 bridgehead atoms. The Kier molecular flexibility index (Phi) is 4.76. The molecule has 0 aliphatic heterocycles. The van der Waals surface area contributed by atoms with Crippen LogP contribution in [0, 0.1) is 0 Å². The van der Waals surface area contributed by atoms with E-state index >= 15 is 0 Å². The van der Waals surface area contributed by atoms with Gasteiger partial charge < -0.3 is 10.4 Å². The molecule has 1 heterocycles. The molecule has 2 rings (SSSR count). The average Bonchev–Trinajstić information content (AvgIpc) is 2.94. The average molecular weight is 294 g/mol. The smallest absolute Gasteiger partial charge is 0.254 e. The predicted octanol–water partition coefficient (Wildman–Crippen LogP) is 2.02. The lowest BCUT2D eigenvalue weighted by atomic mass is 10.1. The minimum atomic E-state index is -0.766. The molecule has 0 fully saturated rings. The number of aliphatic hydroxyl groups excluding tert-OH is 1. The van der Waals surface area contributed by atoms with Gasteiger partial charge in [-0.25, -0.2) is 0 Å². The highest BCUT2D eigenvalue weighted by Gasteiger charge is 2.12. The molecular formula is C14H16ClN3O2. The van der Waals surface area contributed by atoms with Gasteiger partial charge >= 0.3 is 0 Å². The summed E-state index contributed by atoms with van der Waals surface area (Å²) in [5.74, 6) is -0.252. The van der Waals surface area contributed by atoms with Gasteiger partial charge in [0, 0.05) is 24.3 Å². The number of aryl methyl sites for hydroxylation is 1. The molecule has 1 atom stereocenters. The molecule has 0 radical (unpaired) electrons. The van der Waals surface area contributed by atoms with E-state index in [1.54, 1.807) is 35.1 Å². The summed E-state index contributed by atoms with van der Waals surface area (Å²) in [6.07, 6.45) is 2.41.